The molecule has 1 rings (SSSR count). The zero-order valence-electron chi connectivity index (χ0n) is 5.29. The van der Waals surface area contributed by atoms with E-state index < -0.39 is 0 Å². The van der Waals surface area contributed by atoms with Gasteiger partial charge < -0.3 is 0 Å². The largest absolute Gasteiger partial charge is 0.298 e. The van der Waals surface area contributed by atoms with Crippen molar-refractivity contribution in [2.24, 2.45) is 0 Å². The smallest absolute Gasteiger partial charge is 0.150 e. The minimum atomic E-state index is 0. The van der Waals surface area contributed by atoms with Gasteiger partial charge in [0.25, 0.3) is 0 Å². The Morgan fingerprint density at radius 3 is 2.10 bits per heavy atom. The van der Waals surface area contributed by atoms with Crippen molar-refractivity contribution in [3.05, 3.63) is 35.4 Å². The first-order valence-corrected chi connectivity index (χ1v) is 2.85. The lowest BCUT2D eigenvalue weighted by atomic mass is 10.2. The fourth-order valence-electron chi connectivity index (χ4n) is 0.645. The first kappa shape index (κ1) is 8.89. The van der Waals surface area contributed by atoms with E-state index in [1.165, 1.54) is 5.56 Å². The third-order valence-corrected chi connectivity index (χ3v) is 1.21. The van der Waals surface area contributed by atoms with Crippen molar-refractivity contribution in [3.8, 4) is 0 Å². The Bertz CT molecular complexity index is 198. The molecule has 0 radical (unpaired) electrons. The van der Waals surface area contributed by atoms with E-state index in [4.69, 9.17) is 0 Å². The highest BCUT2D eigenvalue weighted by molar-refractivity contribution is 5.74. The lowest BCUT2D eigenvalue weighted by Gasteiger charge is -1.89. The lowest BCUT2D eigenvalue weighted by Crippen LogP contribution is -1.77. The van der Waals surface area contributed by atoms with Gasteiger partial charge >= 0.3 is 0 Å². The summed E-state index contributed by atoms with van der Waals surface area (Å²) in [5.74, 6) is 0. The molecule has 10 heavy (non-hydrogen) atoms. The van der Waals surface area contributed by atoms with Crippen LogP contribution in [0.25, 0.3) is 0 Å². The first-order chi connectivity index (χ1) is 4.33. The molecule has 0 amide bonds. The zero-order valence-corrected chi connectivity index (χ0v) is 5.29. The second-order valence-electron chi connectivity index (χ2n) is 2.03. The number of carbonyl (C=O) groups excluding carboxylic acids is 1. The quantitative estimate of drug-likeness (QED) is 0.542. The summed E-state index contributed by atoms with van der Waals surface area (Å²) in [5, 5.41) is 0. The number of benzene rings is 1. The minimum absolute atomic E-state index is 0. The van der Waals surface area contributed by atoms with Crippen LogP contribution in [0.5, 0.6) is 0 Å². The third kappa shape index (κ3) is 2.02. The molecule has 0 bridgehead atoms. The molecule has 0 unspecified atom stereocenters. The second-order valence-corrected chi connectivity index (χ2v) is 2.03. The maximum absolute atomic E-state index is 10.1. The average molecular weight is 136 g/mol. The van der Waals surface area contributed by atoms with Crippen LogP contribution in [-0.4, -0.2) is 6.29 Å². The molecule has 1 nitrogen and oxygen atoms in total. The van der Waals surface area contributed by atoms with E-state index in [9.17, 15) is 4.79 Å². The van der Waals surface area contributed by atoms with Gasteiger partial charge in [-0.2, -0.15) is 0 Å². The van der Waals surface area contributed by atoms with Crippen LogP contribution in [0.3, 0.4) is 0 Å². The maximum atomic E-state index is 10.1. The average Bonchev–Trinajstić information content (AvgIpc) is 1.90. The first-order valence-electron chi connectivity index (χ1n) is 2.85. The van der Waals surface area contributed by atoms with Gasteiger partial charge in [-0.3, -0.25) is 4.79 Å². The van der Waals surface area contributed by atoms with Gasteiger partial charge in [-0.25, -0.2) is 0 Å². The molecule has 0 atom stereocenters. The Labute approximate surface area is 61.7 Å². The molecule has 0 fully saturated rings. The van der Waals surface area contributed by atoms with Crippen molar-refractivity contribution in [2.75, 3.05) is 0 Å². The predicted molar refractivity (Wildman–Crippen MR) is 43.3 cm³/mol. The molecule has 0 aromatic heterocycles. The highest BCUT2D eigenvalue weighted by Gasteiger charge is 1.85. The van der Waals surface area contributed by atoms with Crippen LogP contribution in [0.1, 0.15) is 23.3 Å². The Balaban J connectivity index is 0.000000810. The fraction of sp³-hybridized carbons (Fsp3) is 0.222. The van der Waals surface area contributed by atoms with Crippen molar-refractivity contribution in [1.82, 2.24) is 0 Å². The number of carbonyl (C=O) groups is 1. The fourth-order valence-corrected chi connectivity index (χ4v) is 0.645. The lowest BCUT2D eigenvalue weighted by molar-refractivity contribution is 0.112. The molecule has 0 aliphatic carbocycles. The Kier molecular flexibility index (Phi) is 3.40. The molecule has 1 heteroatoms. The zero-order chi connectivity index (χ0) is 6.69. The summed E-state index contributed by atoms with van der Waals surface area (Å²) in [4.78, 5) is 10.1. The number of aldehydes is 1. The van der Waals surface area contributed by atoms with Gasteiger partial charge in [0.2, 0.25) is 0 Å². The topological polar surface area (TPSA) is 17.1 Å². The van der Waals surface area contributed by atoms with E-state index in [0.717, 1.165) is 11.8 Å². The molecule has 0 heterocycles. The molecule has 0 saturated heterocycles. The molecule has 1 aromatic rings. The summed E-state index contributed by atoms with van der Waals surface area (Å²) < 4.78 is 0. The van der Waals surface area contributed by atoms with E-state index in [0.29, 0.717) is 0 Å². The molecule has 0 N–H and O–H groups in total. The monoisotopic (exact) mass is 136 g/mol. The van der Waals surface area contributed by atoms with Crippen molar-refractivity contribution >= 4 is 6.29 Å². The van der Waals surface area contributed by atoms with Gasteiger partial charge in [0.05, 0.1) is 0 Å². The Morgan fingerprint density at radius 1 is 1.20 bits per heavy atom. The molecule has 0 saturated carbocycles. The van der Waals surface area contributed by atoms with E-state index in [1.54, 1.807) is 0 Å². The third-order valence-electron chi connectivity index (χ3n) is 1.21. The summed E-state index contributed by atoms with van der Waals surface area (Å²) in [5.41, 5.74) is 1.92. The van der Waals surface area contributed by atoms with Gasteiger partial charge in [-0.1, -0.05) is 37.3 Å². The molecular weight excluding hydrogens is 124 g/mol. The number of rotatable bonds is 1. The highest BCUT2D eigenvalue weighted by atomic mass is 16.1. The minimum Gasteiger partial charge on any atom is -0.298 e. The van der Waals surface area contributed by atoms with E-state index in [2.05, 4.69) is 0 Å². The molecule has 0 aliphatic rings. The van der Waals surface area contributed by atoms with Gasteiger partial charge in [0.15, 0.2) is 0 Å². The van der Waals surface area contributed by atoms with Crippen LogP contribution >= 0.6 is 0 Å². The van der Waals surface area contributed by atoms with Crippen LogP contribution in [0.2, 0.25) is 0 Å². The van der Waals surface area contributed by atoms with Crippen molar-refractivity contribution in [3.63, 3.8) is 0 Å². The van der Waals surface area contributed by atoms with Crippen LogP contribution in [0.15, 0.2) is 24.3 Å². The van der Waals surface area contributed by atoms with Gasteiger partial charge in [-0.15, -0.1) is 0 Å². The Morgan fingerprint density at radius 2 is 1.70 bits per heavy atom. The molecule has 1 aromatic carbocycles. The maximum Gasteiger partial charge on any atom is 0.150 e. The number of aryl methyl sites for hydroxylation is 1. The summed E-state index contributed by atoms with van der Waals surface area (Å²) in [7, 11) is 0. The van der Waals surface area contributed by atoms with Crippen LogP contribution in [0.4, 0.5) is 0 Å². The summed E-state index contributed by atoms with van der Waals surface area (Å²) in [6.45, 7) is 1.99. The SMILES string of the molecule is C.Cc1ccc(C=O)cc1. The standard InChI is InChI=1S/C8H8O.CH4/c1-7-2-4-8(6-9)5-3-7;/h2-6H,1H3;1H4. The summed E-state index contributed by atoms with van der Waals surface area (Å²) in [6.07, 6.45) is 0.847. The number of hydrogen-bond acceptors (Lipinski definition) is 1. The molecular formula is C9H12O. The second kappa shape index (κ2) is 3.83. The normalized spacial score (nSPS) is 8.10. The molecule has 54 valence electrons. The van der Waals surface area contributed by atoms with Crippen LogP contribution in [-0.2, 0) is 0 Å². The predicted octanol–water partition coefficient (Wildman–Crippen LogP) is 2.44. The summed E-state index contributed by atoms with van der Waals surface area (Å²) >= 11 is 0. The van der Waals surface area contributed by atoms with Crippen LogP contribution < -0.4 is 0 Å². The molecule has 0 spiro atoms. The Hall–Kier alpha value is -1.11. The van der Waals surface area contributed by atoms with Crippen molar-refractivity contribution in [1.29, 1.82) is 0 Å². The van der Waals surface area contributed by atoms with Gasteiger partial charge in [-0.05, 0) is 6.92 Å². The summed E-state index contributed by atoms with van der Waals surface area (Å²) in [6, 6.07) is 7.46. The van der Waals surface area contributed by atoms with E-state index in [-0.39, 0.29) is 7.43 Å². The van der Waals surface area contributed by atoms with Gasteiger partial charge in [0.1, 0.15) is 6.29 Å². The highest BCUT2D eigenvalue weighted by Crippen LogP contribution is 1.98. The van der Waals surface area contributed by atoms with E-state index in [1.807, 2.05) is 31.2 Å². The van der Waals surface area contributed by atoms with Gasteiger partial charge in [0, 0.05) is 5.56 Å². The van der Waals surface area contributed by atoms with Crippen molar-refractivity contribution < 1.29 is 4.79 Å². The molecule has 0 aliphatic heterocycles. The number of hydrogen-bond donors (Lipinski definition) is 0. The van der Waals surface area contributed by atoms with Crippen molar-refractivity contribution in [2.45, 2.75) is 14.4 Å². The van der Waals surface area contributed by atoms with E-state index >= 15 is 0 Å². The van der Waals surface area contributed by atoms with Crippen LogP contribution in [0, 0.1) is 6.92 Å².